The Morgan fingerprint density at radius 2 is 2.00 bits per heavy atom. The first-order chi connectivity index (χ1) is 11.3. The van der Waals surface area contributed by atoms with E-state index in [2.05, 4.69) is 20.9 Å². The summed E-state index contributed by atoms with van der Waals surface area (Å²) in [7, 11) is -3.90. The van der Waals surface area contributed by atoms with Crippen molar-refractivity contribution in [2.75, 3.05) is 0 Å². The van der Waals surface area contributed by atoms with Gasteiger partial charge in [-0.15, -0.1) is 11.3 Å². The summed E-state index contributed by atoms with van der Waals surface area (Å²) in [5.41, 5.74) is 0.925. The number of ether oxygens (including phenoxy) is 1. The van der Waals surface area contributed by atoms with Gasteiger partial charge in [-0.3, -0.25) is 0 Å². The molecule has 6 nitrogen and oxygen atoms in total. The Bertz CT molecular complexity index is 998. The molecule has 0 amide bonds. The van der Waals surface area contributed by atoms with Crippen LogP contribution in [-0.4, -0.2) is 19.4 Å². The molecule has 2 N–H and O–H groups in total. The Morgan fingerprint density at radius 3 is 2.71 bits per heavy atom. The van der Waals surface area contributed by atoms with Gasteiger partial charge in [0.2, 0.25) is 10.0 Å². The molecule has 2 aromatic carbocycles. The molecule has 0 aliphatic rings. The number of esters is 1. The highest BCUT2D eigenvalue weighted by Gasteiger charge is 2.17. The van der Waals surface area contributed by atoms with Gasteiger partial charge in [-0.25, -0.2) is 23.3 Å². The lowest BCUT2D eigenvalue weighted by atomic mass is 10.2. The standard InChI is InChI=1S/C15H11BrN2O4S2/c16-11-6-5-9(24(17,20)21)7-10(11)15(19)22-8-14-18-12-3-1-2-4-13(12)23-14/h1-7H,8H2,(H2,17,20,21). The molecular formula is C15H11BrN2O4S2. The molecule has 0 atom stereocenters. The van der Waals surface area contributed by atoms with Crippen LogP contribution in [0.15, 0.2) is 51.8 Å². The van der Waals surface area contributed by atoms with E-state index in [9.17, 15) is 13.2 Å². The van der Waals surface area contributed by atoms with Gasteiger partial charge in [-0.1, -0.05) is 12.1 Å². The highest BCUT2D eigenvalue weighted by Crippen LogP contribution is 2.24. The topological polar surface area (TPSA) is 99.4 Å². The van der Waals surface area contributed by atoms with Crippen molar-refractivity contribution in [3.63, 3.8) is 0 Å². The summed E-state index contributed by atoms with van der Waals surface area (Å²) in [6.45, 7) is 0.00419. The summed E-state index contributed by atoms with van der Waals surface area (Å²) in [5.74, 6) is -0.661. The number of carbonyl (C=O) groups excluding carboxylic acids is 1. The third kappa shape index (κ3) is 3.64. The number of sulfonamides is 1. The van der Waals surface area contributed by atoms with Gasteiger partial charge in [-0.2, -0.15) is 0 Å². The van der Waals surface area contributed by atoms with E-state index in [4.69, 9.17) is 9.88 Å². The molecule has 124 valence electrons. The van der Waals surface area contributed by atoms with Crippen molar-refractivity contribution in [1.82, 2.24) is 4.98 Å². The Balaban J connectivity index is 1.79. The lowest BCUT2D eigenvalue weighted by molar-refractivity contribution is 0.0471. The van der Waals surface area contributed by atoms with Crippen LogP contribution >= 0.6 is 27.3 Å². The molecular weight excluding hydrogens is 416 g/mol. The van der Waals surface area contributed by atoms with Gasteiger partial charge in [0, 0.05) is 4.47 Å². The second kappa shape index (κ2) is 6.60. The van der Waals surface area contributed by atoms with Crippen LogP contribution in [0.2, 0.25) is 0 Å². The lowest BCUT2D eigenvalue weighted by Crippen LogP contribution is -2.14. The van der Waals surface area contributed by atoms with Gasteiger partial charge in [0.05, 0.1) is 20.7 Å². The number of nitrogens with zero attached hydrogens (tertiary/aromatic N) is 1. The second-order valence-electron chi connectivity index (χ2n) is 4.84. The first kappa shape index (κ1) is 17.0. The van der Waals surface area contributed by atoms with Crippen molar-refractivity contribution in [1.29, 1.82) is 0 Å². The monoisotopic (exact) mass is 426 g/mol. The largest absolute Gasteiger partial charge is 0.455 e. The first-order valence-electron chi connectivity index (χ1n) is 6.68. The van der Waals surface area contributed by atoms with Crippen LogP contribution in [-0.2, 0) is 21.4 Å². The Kier molecular flexibility index (Phi) is 4.68. The Hall–Kier alpha value is -1.81. The Morgan fingerprint density at radius 1 is 1.25 bits per heavy atom. The highest BCUT2D eigenvalue weighted by molar-refractivity contribution is 9.10. The van der Waals surface area contributed by atoms with Crippen LogP contribution in [0, 0.1) is 0 Å². The SMILES string of the molecule is NS(=O)(=O)c1ccc(Br)c(C(=O)OCc2nc3ccccc3s2)c1. The van der Waals surface area contributed by atoms with Crippen LogP contribution in [0.1, 0.15) is 15.4 Å². The number of nitrogens with two attached hydrogens (primary N) is 1. The van der Waals surface area contributed by atoms with Gasteiger partial charge in [0.1, 0.15) is 11.6 Å². The van der Waals surface area contributed by atoms with Gasteiger partial charge in [-0.05, 0) is 46.3 Å². The fourth-order valence-corrected chi connectivity index (χ4v) is 3.85. The average Bonchev–Trinajstić information content (AvgIpc) is 2.94. The molecule has 0 spiro atoms. The van der Waals surface area contributed by atoms with Crippen LogP contribution in [0.5, 0.6) is 0 Å². The number of carbonyl (C=O) groups is 1. The molecule has 1 aromatic heterocycles. The molecule has 1 heterocycles. The van der Waals surface area contributed by atoms with E-state index in [0.717, 1.165) is 10.2 Å². The zero-order valence-corrected chi connectivity index (χ0v) is 15.3. The number of hydrogen-bond acceptors (Lipinski definition) is 6. The summed E-state index contributed by atoms with van der Waals surface area (Å²) >= 11 is 4.63. The number of rotatable bonds is 4. The minimum atomic E-state index is -3.90. The molecule has 0 bridgehead atoms. The van der Waals surface area contributed by atoms with Crippen LogP contribution < -0.4 is 5.14 Å². The van der Waals surface area contributed by atoms with Crippen LogP contribution in [0.3, 0.4) is 0 Å². The van der Waals surface area contributed by atoms with Crippen molar-refractivity contribution < 1.29 is 17.9 Å². The number of primary sulfonamides is 1. The van der Waals surface area contributed by atoms with E-state index in [1.165, 1.54) is 29.5 Å². The number of fused-ring (bicyclic) bond motifs is 1. The molecule has 0 fully saturated rings. The van der Waals surface area contributed by atoms with Crippen LogP contribution in [0.25, 0.3) is 10.2 Å². The van der Waals surface area contributed by atoms with Gasteiger partial charge >= 0.3 is 5.97 Å². The number of hydrogen-bond donors (Lipinski definition) is 1. The first-order valence-corrected chi connectivity index (χ1v) is 9.84. The summed E-state index contributed by atoms with van der Waals surface area (Å²) < 4.78 is 29.5. The number of benzene rings is 2. The third-order valence-electron chi connectivity index (χ3n) is 3.15. The van der Waals surface area contributed by atoms with E-state index < -0.39 is 16.0 Å². The second-order valence-corrected chi connectivity index (χ2v) is 8.37. The zero-order valence-electron chi connectivity index (χ0n) is 12.1. The van der Waals surface area contributed by atoms with E-state index >= 15 is 0 Å². The van der Waals surface area contributed by atoms with E-state index in [-0.39, 0.29) is 17.1 Å². The molecule has 0 saturated heterocycles. The third-order valence-corrected chi connectivity index (χ3v) is 5.76. The van der Waals surface area contributed by atoms with Gasteiger partial charge < -0.3 is 4.74 Å². The molecule has 0 saturated carbocycles. The molecule has 0 aliphatic carbocycles. The minimum absolute atomic E-state index is 0.00419. The van der Waals surface area contributed by atoms with Gasteiger partial charge in [0.25, 0.3) is 0 Å². The fourth-order valence-electron chi connectivity index (χ4n) is 2.02. The van der Waals surface area contributed by atoms with Gasteiger partial charge in [0.15, 0.2) is 0 Å². The zero-order chi connectivity index (χ0) is 17.3. The quantitative estimate of drug-likeness (QED) is 0.646. The highest BCUT2D eigenvalue weighted by atomic mass is 79.9. The molecule has 3 rings (SSSR count). The number of aromatic nitrogens is 1. The molecule has 9 heteroatoms. The number of para-hydroxylation sites is 1. The van der Waals surface area contributed by atoms with Crippen molar-refractivity contribution in [3.05, 3.63) is 57.5 Å². The minimum Gasteiger partial charge on any atom is -0.455 e. The van der Waals surface area contributed by atoms with Crippen molar-refractivity contribution in [3.8, 4) is 0 Å². The van der Waals surface area contributed by atoms with E-state index in [0.29, 0.717) is 9.48 Å². The summed E-state index contributed by atoms with van der Waals surface area (Å²) in [5, 5.41) is 5.74. The summed E-state index contributed by atoms with van der Waals surface area (Å²) in [4.78, 5) is 16.4. The normalized spacial score (nSPS) is 11.6. The molecule has 24 heavy (non-hydrogen) atoms. The predicted molar refractivity (Wildman–Crippen MR) is 94.3 cm³/mol. The van der Waals surface area contributed by atoms with Crippen molar-refractivity contribution in [2.24, 2.45) is 5.14 Å². The lowest BCUT2D eigenvalue weighted by Gasteiger charge is -2.06. The van der Waals surface area contributed by atoms with E-state index in [1.807, 2.05) is 24.3 Å². The van der Waals surface area contributed by atoms with Crippen molar-refractivity contribution in [2.45, 2.75) is 11.5 Å². The molecule has 0 aliphatic heterocycles. The van der Waals surface area contributed by atoms with Crippen LogP contribution in [0.4, 0.5) is 0 Å². The maximum Gasteiger partial charge on any atom is 0.339 e. The molecule has 0 unspecified atom stereocenters. The van der Waals surface area contributed by atoms with Crippen molar-refractivity contribution >= 4 is 53.5 Å². The fraction of sp³-hybridized carbons (Fsp3) is 0.0667. The predicted octanol–water partition coefficient (Wildman–Crippen LogP) is 3.06. The Labute approximate surface area is 150 Å². The smallest absolute Gasteiger partial charge is 0.339 e. The number of thiazole rings is 1. The number of halogens is 1. The average molecular weight is 427 g/mol. The summed E-state index contributed by atoms with van der Waals surface area (Å²) in [6, 6.07) is 11.5. The molecule has 0 radical (unpaired) electrons. The van der Waals surface area contributed by atoms with E-state index in [1.54, 1.807) is 0 Å². The maximum atomic E-state index is 12.2. The summed E-state index contributed by atoms with van der Waals surface area (Å²) in [6.07, 6.45) is 0. The molecule has 3 aromatic rings. The maximum absolute atomic E-state index is 12.2.